The molecule has 0 aliphatic rings. The predicted octanol–water partition coefficient (Wildman–Crippen LogP) is 3.10. The van der Waals surface area contributed by atoms with Crippen LogP contribution >= 0.6 is 0 Å². The van der Waals surface area contributed by atoms with E-state index in [-0.39, 0.29) is 0 Å². The lowest BCUT2D eigenvalue weighted by molar-refractivity contribution is 0.141. The van der Waals surface area contributed by atoms with Crippen LogP contribution in [0.4, 0.5) is 0 Å². The maximum atomic E-state index is 5.05. The van der Waals surface area contributed by atoms with Crippen molar-refractivity contribution in [3.63, 3.8) is 0 Å². The van der Waals surface area contributed by atoms with Crippen molar-refractivity contribution in [2.75, 3.05) is 6.61 Å². The molecule has 2 nitrogen and oxygen atoms in total. The second-order valence-corrected chi connectivity index (χ2v) is 3.11. The minimum Gasteiger partial charge on any atom is -0.395 e. The SMILES string of the molecule is CCCCCO/N=[C]/c1ccccc1. The van der Waals surface area contributed by atoms with E-state index in [1.165, 1.54) is 12.8 Å². The van der Waals surface area contributed by atoms with E-state index in [2.05, 4.69) is 18.3 Å². The van der Waals surface area contributed by atoms with Crippen LogP contribution in [0.3, 0.4) is 0 Å². The van der Waals surface area contributed by atoms with E-state index in [0.29, 0.717) is 6.61 Å². The van der Waals surface area contributed by atoms with Crippen LogP contribution in [0.25, 0.3) is 0 Å². The quantitative estimate of drug-likeness (QED) is 0.383. The third-order valence-corrected chi connectivity index (χ3v) is 1.85. The Bertz CT molecular complexity index is 256. The van der Waals surface area contributed by atoms with Gasteiger partial charge >= 0.3 is 0 Å². The van der Waals surface area contributed by atoms with Crippen molar-refractivity contribution in [1.82, 2.24) is 0 Å². The van der Waals surface area contributed by atoms with E-state index in [4.69, 9.17) is 4.84 Å². The van der Waals surface area contributed by atoms with Gasteiger partial charge in [0.1, 0.15) is 12.8 Å². The van der Waals surface area contributed by atoms with Crippen molar-refractivity contribution in [1.29, 1.82) is 0 Å². The first-order valence-electron chi connectivity index (χ1n) is 5.06. The van der Waals surface area contributed by atoms with Crippen LogP contribution < -0.4 is 0 Å². The molecule has 0 aromatic heterocycles. The zero-order valence-corrected chi connectivity index (χ0v) is 8.57. The molecule has 0 saturated heterocycles. The van der Waals surface area contributed by atoms with Crippen molar-refractivity contribution in [3.8, 4) is 0 Å². The molecule has 0 spiro atoms. The minimum atomic E-state index is 0.688. The summed E-state index contributed by atoms with van der Waals surface area (Å²) in [5.41, 5.74) is 0.947. The molecule has 0 saturated carbocycles. The maximum absolute atomic E-state index is 5.05. The molecule has 1 aromatic rings. The summed E-state index contributed by atoms with van der Waals surface area (Å²) >= 11 is 0. The van der Waals surface area contributed by atoms with Gasteiger partial charge in [0.2, 0.25) is 0 Å². The number of benzene rings is 1. The minimum absolute atomic E-state index is 0.688. The Balaban J connectivity index is 2.15. The molecule has 1 rings (SSSR count). The highest BCUT2D eigenvalue weighted by atomic mass is 16.6. The smallest absolute Gasteiger partial charge is 0.139 e. The van der Waals surface area contributed by atoms with E-state index in [1.54, 1.807) is 0 Å². The zero-order chi connectivity index (χ0) is 10.1. The molecule has 0 atom stereocenters. The summed E-state index contributed by atoms with van der Waals surface area (Å²) in [6.45, 7) is 2.85. The summed E-state index contributed by atoms with van der Waals surface area (Å²) in [4.78, 5) is 5.05. The monoisotopic (exact) mass is 190 g/mol. The van der Waals surface area contributed by atoms with Crippen LogP contribution in [0.1, 0.15) is 31.7 Å². The molecule has 0 fully saturated rings. The van der Waals surface area contributed by atoms with Crippen LogP contribution in [-0.2, 0) is 4.84 Å². The molecule has 1 radical (unpaired) electrons. The molecule has 1 aromatic carbocycles. The van der Waals surface area contributed by atoms with Crippen molar-refractivity contribution in [3.05, 3.63) is 35.9 Å². The molecule has 75 valence electrons. The average Bonchev–Trinajstić information content (AvgIpc) is 2.25. The lowest BCUT2D eigenvalue weighted by Gasteiger charge is -1.96. The van der Waals surface area contributed by atoms with Crippen LogP contribution in [-0.4, -0.2) is 12.8 Å². The molecular formula is C12H16NO. The first-order valence-corrected chi connectivity index (χ1v) is 5.06. The van der Waals surface area contributed by atoms with Crippen LogP contribution in [0.5, 0.6) is 0 Å². The first-order chi connectivity index (χ1) is 6.93. The average molecular weight is 190 g/mol. The highest BCUT2D eigenvalue weighted by Crippen LogP contribution is 1.96. The molecule has 0 bridgehead atoms. The Morgan fingerprint density at radius 3 is 2.71 bits per heavy atom. The Labute approximate surface area is 85.6 Å². The van der Waals surface area contributed by atoms with Gasteiger partial charge in [0.15, 0.2) is 0 Å². The number of rotatable bonds is 6. The summed E-state index contributed by atoms with van der Waals surface area (Å²) in [5.74, 6) is 0. The lowest BCUT2D eigenvalue weighted by atomic mass is 10.2. The second kappa shape index (κ2) is 7.13. The van der Waals surface area contributed by atoms with E-state index in [1.807, 2.05) is 30.3 Å². The van der Waals surface area contributed by atoms with Crippen molar-refractivity contribution in [2.24, 2.45) is 5.16 Å². The largest absolute Gasteiger partial charge is 0.395 e. The van der Waals surface area contributed by atoms with Gasteiger partial charge in [-0.2, -0.15) is 0 Å². The van der Waals surface area contributed by atoms with Gasteiger partial charge in [0.25, 0.3) is 0 Å². The molecule has 2 heteroatoms. The molecule has 0 heterocycles. The number of unbranched alkanes of at least 4 members (excludes halogenated alkanes) is 2. The topological polar surface area (TPSA) is 21.6 Å². The third-order valence-electron chi connectivity index (χ3n) is 1.85. The first kappa shape index (κ1) is 10.8. The fraction of sp³-hybridized carbons (Fsp3) is 0.417. The second-order valence-electron chi connectivity index (χ2n) is 3.11. The van der Waals surface area contributed by atoms with E-state index < -0.39 is 0 Å². The Morgan fingerprint density at radius 1 is 1.21 bits per heavy atom. The summed E-state index contributed by atoms with van der Waals surface area (Å²) in [6.07, 6.45) is 6.29. The summed E-state index contributed by atoms with van der Waals surface area (Å²) < 4.78 is 0. The molecule has 0 aliphatic heterocycles. The number of nitrogens with zero attached hydrogens (tertiary/aromatic N) is 1. The van der Waals surface area contributed by atoms with Gasteiger partial charge in [-0.15, -0.1) is 0 Å². The highest BCUT2D eigenvalue weighted by Gasteiger charge is 1.86. The molecule has 0 aliphatic carbocycles. The molecule has 0 unspecified atom stereocenters. The van der Waals surface area contributed by atoms with E-state index in [9.17, 15) is 0 Å². The fourth-order valence-corrected chi connectivity index (χ4v) is 1.06. The van der Waals surface area contributed by atoms with Gasteiger partial charge in [-0.25, -0.2) is 0 Å². The van der Waals surface area contributed by atoms with Crippen LogP contribution in [0.15, 0.2) is 35.5 Å². The number of hydrogen-bond donors (Lipinski definition) is 0. The van der Waals surface area contributed by atoms with Gasteiger partial charge in [-0.3, -0.25) is 0 Å². The van der Waals surface area contributed by atoms with Crippen molar-refractivity contribution in [2.45, 2.75) is 26.2 Å². The van der Waals surface area contributed by atoms with E-state index in [0.717, 1.165) is 12.0 Å². The van der Waals surface area contributed by atoms with Gasteiger partial charge in [-0.05, 0) is 6.42 Å². The Morgan fingerprint density at radius 2 is 2.00 bits per heavy atom. The molecule has 0 N–H and O–H groups in total. The van der Waals surface area contributed by atoms with Crippen molar-refractivity contribution < 1.29 is 4.84 Å². The summed E-state index contributed by atoms with van der Waals surface area (Å²) in [7, 11) is 0. The number of hydrogen-bond acceptors (Lipinski definition) is 2. The van der Waals surface area contributed by atoms with Crippen molar-refractivity contribution >= 4 is 6.21 Å². The zero-order valence-electron chi connectivity index (χ0n) is 8.57. The molecule has 0 amide bonds. The van der Waals surface area contributed by atoms with E-state index >= 15 is 0 Å². The standard InChI is InChI=1S/C12H16NO/c1-2-3-7-10-14-13-11-12-8-5-4-6-9-12/h4-6,8-9H,2-3,7,10H2,1H3. The maximum Gasteiger partial charge on any atom is 0.139 e. The Kier molecular flexibility index (Phi) is 5.48. The third kappa shape index (κ3) is 4.65. The van der Waals surface area contributed by atoms with Gasteiger partial charge in [0.05, 0.1) is 0 Å². The lowest BCUT2D eigenvalue weighted by Crippen LogP contribution is -1.88. The fourth-order valence-electron chi connectivity index (χ4n) is 1.06. The summed E-state index contributed by atoms with van der Waals surface area (Å²) in [6, 6.07) is 9.76. The van der Waals surface area contributed by atoms with Gasteiger partial charge in [0, 0.05) is 5.56 Å². The summed E-state index contributed by atoms with van der Waals surface area (Å²) in [5, 5.41) is 3.76. The van der Waals surface area contributed by atoms with Gasteiger partial charge < -0.3 is 4.84 Å². The normalized spacial score (nSPS) is 10.6. The highest BCUT2D eigenvalue weighted by molar-refractivity contribution is 5.78. The van der Waals surface area contributed by atoms with Gasteiger partial charge in [-0.1, -0.05) is 55.3 Å². The molecular weight excluding hydrogens is 174 g/mol. The molecule has 14 heavy (non-hydrogen) atoms. The van der Waals surface area contributed by atoms with Crippen LogP contribution in [0, 0.1) is 0 Å². The predicted molar refractivity (Wildman–Crippen MR) is 58.5 cm³/mol. The Hall–Kier alpha value is -1.31. The van der Waals surface area contributed by atoms with Crippen LogP contribution in [0.2, 0.25) is 0 Å².